The van der Waals surface area contributed by atoms with E-state index in [1.807, 2.05) is 0 Å². The quantitative estimate of drug-likeness (QED) is 0.505. The van der Waals surface area contributed by atoms with Gasteiger partial charge in [0.05, 0.1) is 11.5 Å². The van der Waals surface area contributed by atoms with Crippen LogP contribution >= 0.6 is 0 Å². The molecule has 2 aromatic carbocycles. The van der Waals surface area contributed by atoms with Crippen molar-refractivity contribution in [2.45, 2.75) is 55.9 Å². The molecule has 2 fully saturated rings. The minimum absolute atomic E-state index is 0.0925. The summed E-state index contributed by atoms with van der Waals surface area (Å²) < 4.78 is 92.5. The van der Waals surface area contributed by atoms with Crippen molar-refractivity contribution in [3.8, 4) is 0 Å². The summed E-state index contributed by atoms with van der Waals surface area (Å²) in [6, 6.07) is 9.50. The Labute approximate surface area is 218 Å². The van der Waals surface area contributed by atoms with Crippen LogP contribution in [0.4, 0.5) is 26.7 Å². The van der Waals surface area contributed by atoms with Gasteiger partial charge in [0.25, 0.3) is 0 Å². The molecule has 3 aliphatic rings. The molecule has 38 heavy (non-hydrogen) atoms. The highest BCUT2D eigenvalue weighted by Gasteiger charge is 2.56. The van der Waals surface area contributed by atoms with Gasteiger partial charge in [-0.15, -0.1) is 0 Å². The zero-order chi connectivity index (χ0) is 27.5. The van der Waals surface area contributed by atoms with E-state index in [0.717, 1.165) is 11.1 Å². The molecule has 2 heterocycles. The van der Waals surface area contributed by atoms with Crippen molar-refractivity contribution in [2.75, 3.05) is 31.1 Å². The zero-order valence-corrected chi connectivity index (χ0v) is 21.7. The van der Waals surface area contributed by atoms with Crippen LogP contribution in [0.3, 0.4) is 0 Å². The number of sulfone groups is 1. The predicted molar refractivity (Wildman–Crippen MR) is 132 cm³/mol. The van der Waals surface area contributed by atoms with Crippen LogP contribution in [0.25, 0.3) is 0 Å². The maximum atomic E-state index is 14.8. The van der Waals surface area contributed by atoms with Gasteiger partial charge in [0.15, 0.2) is 9.84 Å². The smallest absolute Gasteiger partial charge is 0.323 e. The minimum atomic E-state index is -5.07. The van der Waals surface area contributed by atoms with Crippen molar-refractivity contribution in [3.63, 3.8) is 0 Å². The number of carbonyl (C=O) groups excluding carboxylic acids is 1. The van der Waals surface area contributed by atoms with Gasteiger partial charge in [-0.2, -0.15) is 13.2 Å². The second kappa shape index (κ2) is 9.20. The van der Waals surface area contributed by atoms with Gasteiger partial charge in [0, 0.05) is 31.1 Å². The number of benzene rings is 2. The Bertz CT molecular complexity index is 1330. The van der Waals surface area contributed by atoms with Crippen LogP contribution < -0.4 is 0 Å². The van der Waals surface area contributed by atoms with Crippen LogP contribution in [0.2, 0.25) is 0 Å². The number of aryl methyl sites for hydroxylation is 1. The van der Waals surface area contributed by atoms with Crippen LogP contribution in [0.5, 0.6) is 0 Å². The van der Waals surface area contributed by atoms with E-state index >= 15 is 0 Å². The standard InChI is InChI=1S/C27H29F5N2O3S/c1-25(29,27(30,31)32)20-5-8-22-19(16-20)4-9-23-26(22,17-18-2-6-21(28)7-3-18)10-11-34(23)24(35)33-12-14-38(36,37)15-13-33/h2-3,5-8,16,23H,4,9-15,17H2,1H3/t23-,25?,26-/m1/s1. The summed E-state index contributed by atoms with van der Waals surface area (Å²) >= 11 is 0. The maximum absolute atomic E-state index is 14.8. The van der Waals surface area contributed by atoms with Gasteiger partial charge in [-0.25, -0.2) is 22.0 Å². The fraction of sp³-hybridized carbons (Fsp3) is 0.519. The first-order valence-electron chi connectivity index (χ1n) is 12.6. The fourth-order valence-corrected chi connectivity index (χ4v) is 7.50. The molecular formula is C27H29F5N2O3S. The summed E-state index contributed by atoms with van der Waals surface area (Å²) in [7, 11) is -3.17. The van der Waals surface area contributed by atoms with Crippen LogP contribution in [-0.2, 0) is 33.8 Å². The van der Waals surface area contributed by atoms with Crippen LogP contribution in [0.15, 0.2) is 42.5 Å². The van der Waals surface area contributed by atoms with Gasteiger partial charge in [0.2, 0.25) is 5.67 Å². The van der Waals surface area contributed by atoms with E-state index in [9.17, 15) is 35.2 Å². The molecule has 2 aromatic rings. The third-order valence-corrected chi connectivity index (χ3v) is 10.1. The zero-order valence-electron chi connectivity index (χ0n) is 20.9. The highest BCUT2D eigenvalue weighted by atomic mass is 32.2. The number of hydrogen-bond donors (Lipinski definition) is 0. The molecular weight excluding hydrogens is 527 g/mol. The number of likely N-dealkylation sites (tertiary alicyclic amines) is 1. The van der Waals surface area contributed by atoms with E-state index in [2.05, 4.69) is 0 Å². The molecule has 3 atom stereocenters. The summed E-state index contributed by atoms with van der Waals surface area (Å²) in [6.45, 7) is 1.13. The Hall–Kier alpha value is -2.69. The third-order valence-electron chi connectivity index (χ3n) is 8.51. The third kappa shape index (κ3) is 4.56. The molecule has 11 heteroatoms. The van der Waals surface area contributed by atoms with Gasteiger partial charge < -0.3 is 9.80 Å². The number of amides is 2. The molecule has 0 N–H and O–H groups in total. The highest BCUT2D eigenvalue weighted by molar-refractivity contribution is 7.91. The first-order valence-corrected chi connectivity index (χ1v) is 14.5. The van der Waals surface area contributed by atoms with Crippen molar-refractivity contribution in [1.82, 2.24) is 9.80 Å². The molecule has 0 radical (unpaired) electrons. The lowest BCUT2D eigenvalue weighted by Crippen LogP contribution is -2.55. The Balaban J connectivity index is 1.53. The van der Waals surface area contributed by atoms with E-state index in [0.29, 0.717) is 44.7 Å². The largest absolute Gasteiger partial charge is 0.426 e. The minimum Gasteiger partial charge on any atom is -0.323 e. The van der Waals surface area contributed by atoms with Gasteiger partial charge in [-0.1, -0.05) is 30.3 Å². The SMILES string of the molecule is CC(F)(c1ccc2c(c1)CC[C@H]1N(C(=O)N3CCS(=O)(=O)CC3)CC[C@@]21Cc1ccc(F)cc1)C(F)(F)F. The fourth-order valence-electron chi connectivity index (χ4n) is 6.30. The summed E-state index contributed by atoms with van der Waals surface area (Å²) in [4.78, 5) is 16.9. The summed E-state index contributed by atoms with van der Waals surface area (Å²) in [5.41, 5.74) is -2.41. The first-order chi connectivity index (χ1) is 17.7. The second-order valence-electron chi connectivity index (χ2n) is 10.8. The maximum Gasteiger partial charge on any atom is 0.426 e. The summed E-state index contributed by atoms with van der Waals surface area (Å²) in [5.74, 6) is -0.579. The molecule has 5 nitrogen and oxygen atoms in total. The molecule has 2 amide bonds. The Morgan fingerprint density at radius 1 is 1.03 bits per heavy atom. The molecule has 0 bridgehead atoms. The molecule has 2 saturated heterocycles. The average molecular weight is 557 g/mol. The first kappa shape index (κ1) is 26.9. The number of fused-ring (bicyclic) bond motifs is 3. The number of halogens is 5. The van der Waals surface area contributed by atoms with Crippen LogP contribution in [0, 0.1) is 5.82 Å². The number of urea groups is 1. The normalized spacial score (nSPS) is 26.4. The number of nitrogens with zero attached hydrogens (tertiary/aromatic N) is 2. The van der Waals surface area contributed by atoms with E-state index in [-0.39, 0.29) is 36.7 Å². The number of hydrogen-bond acceptors (Lipinski definition) is 3. The highest BCUT2D eigenvalue weighted by Crippen LogP contribution is 2.51. The molecule has 1 unspecified atom stereocenters. The van der Waals surface area contributed by atoms with Crippen molar-refractivity contribution in [2.24, 2.45) is 0 Å². The predicted octanol–water partition coefficient (Wildman–Crippen LogP) is 4.92. The van der Waals surface area contributed by atoms with Gasteiger partial charge in [-0.05, 0) is 67.0 Å². The van der Waals surface area contributed by atoms with Crippen molar-refractivity contribution in [3.05, 3.63) is 70.5 Å². The molecule has 0 spiro atoms. The molecule has 0 aromatic heterocycles. The van der Waals surface area contributed by atoms with E-state index in [1.165, 1.54) is 24.3 Å². The van der Waals surface area contributed by atoms with Crippen molar-refractivity contribution in [1.29, 1.82) is 0 Å². The average Bonchev–Trinajstić information content (AvgIpc) is 3.23. The Morgan fingerprint density at radius 3 is 2.32 bits per heavy atom. The van der Waals surface area contributed by atoms with Crippen LogP contribution in [-0.4, -0.2) is 67.6 Å². The lowest BCUT2D eigenvalue weighted by molar-refractivity contribution is -0.228. The molecule has 1 aliphatic carbocycles. The molecule has 2 aliphatic heterocycles. The summed E-state index contributed by atoms with van der Waals surface area (Å²) in [6.07, 6.45) is -3.29. The van der Waals surface area contributed by atoms with E-state index < -0.39 is 38.5 Å². The van der Waals surface area contributed by atoms with Crippen molar-refractivity contribution >= 4 is 15.9 Å². The second-order valence-corrected chi connectivity index (χ2v) is 13.1. The number of rotatable bonds is 3. The number of carbonyl (C=O) groups is 1. The Morgan fingerprint density at radius 2 is 1.68 bits per heavy atom. The molecule has 5 rings (SSSR count). The van der Waals surface area contributed by atoms with Gasteiger partial charge >= 0.3 is 12.2 Å². The Kier molecular flexibility index (Phi) is 6.52. The van der Waals surface area contributed by atoms with Crippen LogP contribution in [0.1, 0.15) is 42.0 Å². The number of alkyl halides is 4. The van der Waals surface area contributed by atoms with Crippen molar-refractivity contribution < 1.29 is 35.2 Å². The lowest BCUT2D eigenvalue weighted by Gasteiger charge is -2.45. The topological polar surface area (TPSA) is 57.7 Å². The molecule has 206 valence electrons. The molecule has 0 saturated carbocycles. The van der Waals surface area contributed by atoms with Gasteiger partial charge in [-0.3, -0.25) is 0 Å². The lowest BCUT2D eigenvalue weighted by atomic mass is 9.63. The van der Waals surface area contributed by atoms with E-state index in [1.54, 1.807) is 28.0 Å². The van der Waals surface area contributed by atoms with E-state index in [4.69, 9.17) is 0 Å². The monoisotopic (exact) mass is 556 g/mol. The van der Waals surface area contributed by atoms with Gasteiger partial charge in [0.1, 0.15) is 5.82 Å². The summed E-state index contributed by atoms with van der Waals surface area (Å²) in [5, 5.41) is 0.